The fourth-order valence-electron chi connectivity index (χ4n) is 3.07. The number of hydrogen-bond acceptors (Lipinski definition) is 4. The van der Waals surface area contributed by atoms with Crippen LogP contribution in [0.25, 0.3) is 22.0 Å². The molecule has 0 unspecified atom stereocenters. The van der Waals surface area contributed by atoms with Crippen molar-refractivity contribution >= 4 is 27.9 Å². The largest absolute Gasteiger partial charge is 0.422 e. The summed E-state index contributed by atoms with van der Waals surface area (Å²) >= 11 is 0. The molecule has 0 atom stereocenters. The zero-order valence-electron chi connectivity index (χ0n) is 14.2. The molecule has 0 aliphatic rings. The predicted molar refractivity (Wildman–Crippen MR) is 99.3 cm³/mol. The highest BCUT2D eigenvalue weighted by atomic mass is 16.4. The number of amides is 1. The highest BCUT2D eigenvalue weighted by molar-refractivity contribution is 5.96. The number of benzene rings is 2. The van der Waals surface area contributed by atoms with Crippen molar-refractivity contribution < 1.29 is 9.21 Å². The Morgan fingerprint density at radius 3 is 2.81 bits per heavy atom. The molecular weight excluding hydrogens is 330 g/mol. The molecular formula is C20H17N3O3. The Morgan fingerprint density at radius 1 is 1.15 bits per heavy atom. The van der Waals surface area contributed by atoms with E-state index in [0.29, 0.717) is 24.1 Å². The number of nitrogens with zero attached hydrogens (tertiary/aromatic N) is 2. The number of fused-ring (bicyclic) bond motifs is 2. The van der Waals surface area contributed by atoms with Crippen molar-refractivity contribution in [2.75, 3.05) is 6.54 Å². The maximum atomic E-state index is 12.4. The number of carbonyl (C=O) groups excluding carboxylic acids is 1. The first-order chi connectivity index (χ1) is 12.6. The molecule has 26 heavy (non-hydrogen) atoms. The van der Waals surface area contributed by atoms with Gasteiger partial charge in [0.05, 0.1) is 11.0 Å². The van der Waals surface area contributed by atoms with E-state index >= 15 is 0 Å². The number of aryl methyl sites for hydroxylation is 1. The number of carbonyl (C=O) groups is 1. The zero-order chi connectivity index (χ0) is 18.1. The quantitative estimate of drug-likeness (QED) is 0.576. The van der Waals surface area contributed by atoms with Crippen molar-refractivity contribution in [2.24, 2.45) is 0 Å². The van der Waals surface area contributed by atoms with Gasteiger partial charge in [-0.15, -0.1) is 0 Å². The number of imidazole rings is 1. The SMILES string of the molecule is Cc1nc2ccccc2n1CCNC(=O)c1cc2ccccc2oc1=O. The third-order valence-corrected chi connectivity index (χ3v) is 4.35. The maximum Gasteiger partial charge on any atom is 0.349 e. The molecule has 6 heteroatoms. The van der Waals surface area contributed by atoms with Gasteiger partial charge < -0.3 is 14.3 Å². The second-order valence-corrected chi connectivity index (χ2v) is 6.04. The van der Waals surface area contributed by atoms with Gasteiger partial charge in [0.25, 0.3) is 5.91 Å². The van der Waals surface area contributed by atoms with Crippen molar-refractivity contribution in [3.8, 4) is 0 Å². The molecule has 4 aromatic rings. The minimum absolute atomic E-state index is 0.0101. The molecule has 130 valence electrons. The summed E-state index contributed by atoms with van der Waals surface area (Å²) in [6.07, 6.45) is 0. The fourth-order valence-corrected chi connectivity index (χ4v) is 3.07. The average molecular weight is 347 g/mol. The van der Waals surface area contributed by atoms with Gasteiger partial charge in [-0.1, -0.05) is 30.3 Å². The summed E-state index contributed by atoms with van der Waals surface area (Å²) in [5.41, 5.74) is 1.78. The van der Waals surface area contributed by atoms with Crippen LogP contribution in [-0.4, -0.2) is 22.0 Å². The van der Waals surface area contributed by atoms with Crippen LogP contribution in [0.2, 0.25) is 0 Å². The third kappa shape index (κ3) is 2.86. The molecule has 4 rings (SSSR count). The molecule has 6 nitrogen and oxygen atoms in total. The van der Waals surface area contributed by atoms with Crippen LogP contribution in [0.15, 0.2) is 63.8 Å². The van der Waals surface area contributed by atoms with E-state index < -0.39 is 11.5 Å². The summed E-state index contributed by atoms with van der Waals surface area (Å²) in [7, 11) is 0. The molecule has 2 heterocycles. The molecule has 0 aliphatic carbocycles. The van der Waals surface area contributed by atoms with E-state index in [4.69, 9.17) is 4.42 Å². The number of aromatic nitrogens is 2. The third-order valence-electron chi connectivity index (χ3n) is 4.35. The lowest BCUT2D eigenvalue weighted by Crippen LogP contribution is -2.31. The van der Waals surface area contributed by atoms with Gasteiger partial charge in [-0.3, -0.25) is 4.79 Å². The molecule has 0 aliphatic heterocycles. The first kappa shape index (κ1) is 16.1. The molecule has 0 fully saturated rings. The topological polar surface area (TPSA) is 77.1 Å². The van der Waals surface area contributed by atoms with Gasteiger partial charge in [0, 0.05) is 18.5 Å². The summed E-state index contributed by atoms with van der Waals surface area (Å²) in [5, 5.41) is 3.50. The van der Waals surface area contributed by atoms with Crippen LogP contribution in [0, 0.1) is 6.92 Å². The lowest BCUT2D eigenvalue weighted by atomic mass is 10.2. The van der Waals surface area contributed by atoms with E-state index in [-0.39, 0.29) is 5.56 Å². The van der Waals surface area contributed by atoms with Crippen LogP contribution >= 0.6 is 0 Å². The van der Waals surface area contributed by atoms with Gasteiger partial charge in [-0.2, -0.15) is 0 Å². The molecule has 0 saturated carbocycles. The highest BCUT2D eigenvalue weighted by Crippen LogP contribution is 2.15. The van der Waals surface area contributed by atoms with Crippen molar-refractivity contribution in [2.45, 2.75) is 13.5 Å². The maximum absolute atomic E-state index is 12.4. The summed E-state index contributed by atoms with van der Waals surface area (Å²) in [5.74, 6) is 0.442. The van der Waals surface area contributed by atoms with E-state index in [0.717, 1.165) is 16.9 Å². The smallest absolute Gasteiger partial charge is 0.349 e. The Hall–Kier alpha value is -3.41. The molecule has 0 spiro atoms. The Bertz CT molecular complexity index is 1170. The number of rotatable bonds is 4. The molecule has 1 amide bonds. The van der Waals surface area contributed by atoms with E-state index in [1.165, 1.54) is 0 Å². The number of para-hydroxylation sites is 3. The lowest BCUT2D eigenvalue weighted by Gasteiger charge is -2.08. The summed E-state index contributed by atoms with van der Waals surface area (Å²) < 4.78 is 7.25. The van der Waals surface area contributed by atoms with Crippen LogP contribution in [0.1, 0.15) is 16.2 Å². The first-order valence-electron chi connectivity index (χ1n) is 8.36. The molecule has 0 saturated heterocycles. The summed E-state index contributed by atoms with van der Waals surface area (Å²) in [4.78, 5) is 28.9. The number of nitrogens with one attached hydrogen (secondary N) is 1. The fraction of sp³-hybridized carbons (Fsp3) is 0.150. The van der Waals surface area contributed by atoms with Crippen LogP contribution in [0.3, 0.4) is 0 Å². The van der Waals surface area contributed by atoms with Crippen molar-refractivity contribution in [3.63, 3.8) is 0 Å². The van der Waals surface area contributed by atoms with Gasteiger partial charge in [-0.25, -0.2) is 9.78 Å². The Balaban J connectivity index is 1.51. The van der Waals surface area contributed by atoms with E-state index in [2.05, 4.69) is 10.3 Å². The Morgan fingerprint density at radius 2 is 1.92 bits per heavy atom. The van der Waals surface area contributed by atoms with Crippen molar-refractivity contribution in [1.29, 1.82) is 0 Å². The highest BCUT2D eigenvalue weighted by Gasteiger charge is 2.13. The van der Waals surface area contributed by atoms with Crippen LogP contribution in [0.5, 0.6) is 0 Å². The van der Waals surface area contributed by atoms with Gasteiger partial charge in [0.1, 0.15) is 17.0 Å². The minimum Gasteiger partial charge on any atom is -0.422 e. The van der Waals surface area contributed by atoms with Gasteiger partial charge in [-0.05, 0) is 31.2 Å². The minimum atomic E-state index is -0.634. The molecule has 1 N–H and O–H groups in total. The van der Waals surface area contributed by atoms with Crippen LogP contribution in [0.4, 0.5) is 0 Å². The van der Waals surface area contributed by atoms with Crippen LogP contribution in [-0.2, 0) is 6.54 Å². The molecule has 2 aromatic carbocycles. The Kier molecular flexibility index (Phi) is 4.01. The van der Waals surface area contributed by atoms with E-state index in [1.807, 2.05) is 41.8 Å². The lowest BCUT2D eigenvalue weighted by molar-refractivity contribution is 0.0949. The Labute approximate surface area is 149 Å². The van der Waals surface area contributed by atoms with Crippen molar-refractivity contribution in [1.82, 2.24) is 14.9 Å². The first-order valence-corrected chi connectivity index (χ1v) is 8.36. The predicted octanol–water partition coefficient (Wildman–Crippen LogP) is 2.88. The standard InChI is InChI=1S/C20H17N3O3/c1-13-22-16-7-3-4-8-17(16)23(13)11-10-21-19(24)15-12-14-6-2-5-9-18(14)26-20(15)25/h2-9,12H,10-11H2,1H3,(H,21,24). The van der Waals surface area contributed by atoms with Crippen LogP contribution < -0.4 is 10.9 Å². The molecule has 0 radical (unpaired) electrons. The molecule has 2 aromatic heterocycles. The average Bonchev–Trinajstić information content (AvgIpc) is 2.96. The van der Waals surface area contributed by atoms with E-state index in [9.17, 15) is 9.59 Å². The van der Waals surface area contributed by atoms with Crippen molar-refractivity contribution in [3.05, 3.63) is 76.4 Å². The molecule has 0 bridgehead atoms. The second-order valence-electron chi connectivity index (χ2n) is 6.04. The number of hydrogen-bond donors (Lipinski definition) is 1. The zero-order valence-corrected chi connectivity index (χ0v) is 14.2. The van der Waals surface area contributed by atoms with E-state index in [1.54, 1.807) is 24.3 Å². The van der Waals surface area contributed by atoms with Gasteiger partial charge in [0.15, 0.2) is 0 Å². The second kappa shape index (κ2) is 6.48. The summed E-state index contributed by atoms with van der Waals surface area (Å²) in [6.45, 7) is 2.88. The normalized spacial score (nSPS) is 11.1. The monoisotopic (exact) mass is 347 g/mol. The van der Waals surface area contributed by atoms with Gasteiger partial charge in [0.2, 0.25) is 0 Å². The summed E-state index contributed by atoms with van der Waals surface area (Å²) in [6, 6.07) is 16.5. The van der Waals surface area contributed by atoms with Gasteiger partial charge >= 0.3 is 5.63 Å².